The van der Waals surface area contributed by atoms with E-state index in [0.29, 0.717) is 12.8 Å². The molecule has 0 saturated heterocycles. The molecule has 7 heteroatoms. The van der Waals surface area contributed by atoms with E-state index in [1.54, 1.807) is 6.92 Å². The number of hydrogen-bond donors (Lipinski definition) is 4. The summed E-state index contributed by atoms with van der Waals surface area (Å²) in [6, 6.07) is 0. The molecule has 0 radical (unpaired) electrons. The summed E-state index contributed by atoms with van der Waals surface area (Å²) in [6.07, 6.45) is 4.09. The van der Waals surface area contributed by atoms with E-state index in [9.17, 15) is 9.90 Å². The van der Waals surface area contributed by atoms with E-state index < -0.39 is 12.4 Å². The Kier molecular flexibility index (Phi) is 14.4. The van der Waals surface area contributed by atoms with Crippen LogP contribution >= 0.6 is 0 Å². The van der Waals surface area contributed by atoms with E-state index in [1.807, 2.05) is 0 Å². The van der Waals surface area contributed by atoms with Crippen molar-refractivity contribution in [2.24, 2.45) is 0 Å². The van der Waals surface area contributed by atoms with Gasteiger partial charge in [0.1, 0.15) is 0 Å². The van der Waals surface area contributed by atoms with Gasteiger partial charge in [-0.05, 0) is 26.2 Å². The van der Waals surface area contributed by atoms with Crippen molar-refractivity contribution in [2.75, 3.05) is 32.9 Å². The average Bonchev–Trinajstić information content (AvgIpc) is 2.51. The van der Waals surface area contributed by atoms with Gasteiger partial charge in [-0.25, -0.2) is 0 Å². The zero-order valence-corrected chi connectivity index (χ0v) is 14.2. The van der Waals surface area contributed by atoms with Gasteiger partial charge in [-0.15, -0.1) is 0 Å². The van der Waals surface area contributed by atoms with Gasteiger partial charge in [0.15, 0.2) is 6.29 Å². The molecule has 138 valence electrons. The highest BCUT2D eigenvalue weighted by molar-refractivity contribution is 5.76. The third-order valence-corrected chi connectivity index (χ3v) is 3.46. The van der Waals surface area contributed by atoms with Crippen LogP contribution in [0, 0.1) is 0 Å². The lowest BCUT2D eigenvalue weighted by molar-refractivity contribution is -0.132. The molecule has 0 aromatic carbocycles. The predicted octanol–water partition coefficient (Wildman–Crippen LogP) is 0.246. The summed E-state index contributed by atoms with van der Waals surface area (Å²) in [6.45, 7) is 2.10. The maximum Gasteiger partial charge on any atom is 0.222 e. The second-order valence-corrected chi connectivity index (χ2v) is 5.77. The van der Waals surface area contributed by atoms with Crippen molar-refractivity contribution >= 4 is 5.91 Å². The second kappa shape index (κ2) is 14.8. The van der Waals surface area contributed by atoms with E-state index in [-0.39, 0.29) is 38.8 Å². The summed E-state index contributed by atoms with van der Waals surface area (Å²) in [5.74, 6) is -0.0324. The Balaban J connectivity index is 3.55. The SMILES string of the molecule is CC(O)COC(O)CCCCCCCC(=O)N(CCO)CCO. The molecule has 0 spiro atoms. The number of hydrogen-bond acceptors (Lipinski definition) is 6. The Morgan fingerprint density at radius 2 is 1.57 bits per heavy atom. The molecule has 0 aliphatic heterocycles. The van der Waals surface area contributed by atoms with Crippen molar-refractivity contribution < 1.29 is 30.0 Å². The standard InChI is InChI=1S/C16H33NO6/c1-14(20)13-23-16(22)8-6-4-2-3-5-7-15(21)17(9-11-18)10-12-19/h14,16,18-20,22H,2-13H2,1H3. The summed E-state index contributed by atoms with van der Waals surface area (Å²) in [5.41, 5.74) is 0. The third-order valence-electron chi connectivity index (χ3n) is 3.46. The van der Waals surface area contributed by atoms with Gasteiger partial charge in [0.2, 0.25) is 5.91 Å². The molecule has 0 aliphatic rings. The van der Waals surface area contributed by atoms with Gasteiger partial charge in [0, 0.05) is 19.5 Å². The van der Waals surface area contributed by atoms with Crippen molar-refractivity contribution in [3.05, 3.63) is 0 Å². The summed E-state index contributed by atoms with van der Waals surface area (Å²) in [5, 5.41) is 36.3. The number of aliphatic hydroxyl groups is 4. The third kappa shape index (κ3) is 13.4. The average molecular weight is 335 g/mol. The highest BCUT2D eigenvalue weighted by Gasteiger charge is 2.11. The topological polar surface area (TPSA) is 110 Å². The Hall–Kier alpha value is -0.730. The first-order valence-electron chi connectivity index (χ1n) is 8.48. The van der Waals surface area contributed by atoms with Crippen LogP contribution in [-0.2, 0) is 9.53 Å². The molecule has 23 heavy (non-hydrogen) atoms. The zero-order chi connectivity index (χ0) is 17.5. The quantitative estimate of drug-likeness (QED) is 0.252. The summed E-state index contributed by atoms with van der Waals surface area (Å²) >= 11 is 0. The molecule has 7 nitrogen and oxygen atoms in total. The molecule has 0 aromatic heterocycles. The first kappa shape index (κ1) is 22.3. The molecule has 0 saturated carbocycles. The van der Waals surface area contributed by atoms with Gasteiger partial charge < -0.3 is 30.1 Å². The van der Waals surface area contributed by atoms with Gasteiger partial charge in [-0.1, -0.05) is 19.3 Å². The maximum absolute atomic E-state index is 11.9. The minimum absolute atomic E-state index is 0.0324. The van der Waals surface area contributed by atoms with Crippen molar-refractivity contribution in [3.8, 4) is 0 Å². The number of unbranched alkanes of at least 4 members (excludes halogenated alkanes) is 4. The van der Waals surface area contributed by atoms with Crippen LogP contribution in [0.5, 0.6) is 0 Å². The van der Waals surface area contributed by atoms with Crippen molar-refractivity contribution in [3.63, 3.8) is 0 Å². The van der Waals surface area contributed by atoms with Gasteiger partial charge in [-0.2, -0.15) is 0 Å². The maximum atomic E-state index is 11.9. The number of amides is 1. The lowest BCUT2D eigenvalue weighted by atomic mass is 10.1. The normalized spacial score (nSPS) is 13.8. The van der Waals surface area contributed by atoms with E-state index in [0.717, 1.165) is 32.1 Å². The smallest absolute Gasteiger partial charge is 0.222 e. The molecule has 4 N–H and O–H groups in total. The lowest BCUT2D eigenvalue weighted by Crippen LogP contribution is -2.35. The monoisotopic (exact) mass is 335 g/mol. The highest BCUT2D eigenvalue weighted by Crippen LogP contribution is 2.10. The number of carbonyl (C=O) groups is 1. The minimum Gasteiger partial charge on any atom is -0.395 e. The first-order valence-corrected chi connectivity index (χ1v) is 8.48. The van der Waals surface area contributed by atoms with Gasteiger partial charge >= 0.3 is 0 Å². The molecule has 1 amide bonds. The lowest BCUT2D eigenvalue weighted by Gasteiger charge is -2.20. The summed E-state index contributed by atoms with van der Waals surface area (Å²) < 4.78 is 5.05. The second-order valence-electron chi connectivity index (χ2n) is 5.77. The Bertz CT molecular complexity index is 282. The first-order chi connectivity index (χ1) is 11.0. The van der Waals surface area contributed by atoms with E-state index >= 15 is 0 Å². The van der Waals surface area contributed by atoms with Gasteiger partial charge in [-0.3, -0.25) is 4.79 Å². The van der Waals surface area contributed by atoms with Crippen LogP contribution in [0.25, 0.3) is 0 Å². The van der Waals surface area contributed by atoms with Crippen LogP contribution in [-0.4, -0.2) is 76.5 Å². The van der Waals surface area contributed by atoms with Crippen LogP contribution in [0.1, 0.15) is 51.9 Å². The van der Waals surface area contributed by atoms with Crippen LogP contribution < -0.4 is 0 Å². The highest BCUT2D eigenvalue weighted by atomic mass is 16.6. The van der Waals surface area contributed by atoms with E-state index in [1.165, 1.54) is 4.90 Å². The van der Waals surface area contributed by atoms with Crippen LogP contribution in [0.15, 0.2) is 0 Å². The predicted molar refractivity (Wildman–Crippen MR) is 86.7 cm³/mol. The number of ether oxygens (including phenoxy) is 1. The van der Waals surface area contributed by atoms with Gasteiger partial charge in [0.25, 0.3) is 0 Å². The van der Waals surface area contributed by atoms with E-state index in [2.05, 4.69) is 0 Å². The molecule has 2 atom stereocenters. The van der Waals surface area contributed by atoms with Crippen molar-refractivity contribution in [1.29, 1.82) is 0 Å². The number of carbonyl (C=O) groups excluding carboxylic acids is 1. The zero-order valence-electron chi connectivity index (χ0n) is 14.2. The molecule has 0 rings (SSSR count). The summed E-state index contributed by atoms with van der Waals surface area (Å²) in [7, 11) is 0. The van der Waals surface area contributed by atoms with Crippen molar-refractivity contribution in [2.45, 2.75) is 64.3 Å². The van der Waals surface area contributed by atoms with Crippen LogP contribution in [0.2, 0.25) is 0 Å². The van der Waals surface area contributed by atoms with Crippen LogP contribution in [0.3, 0.4) is 0 Å². The van der Waals surface area contributed by atoms with E-state index in [4.69, 9.17) is 20.1 Å². The fourth-order valence-electron chi connectivity index (χ4n) is 2.22. The minimum atomic E-state index is -0.823. The number of aliphatic hydroxyl groups excluding tert-OH is 4. The molecule has 0 fully saturated rings. The fourth-order valence-corrected chi connectivity index (χ4v) is 2.22. The summed E-state index contributed by atoms with van der Waals surface area (Å²) in [4.78, 5) is 13.3. The number of rotatable bonds is 15. The molecular formula is C16H33NO6. The molecule has 0 aliphatic carbocycles. The molecule has 0 heterocycles. The number of nitrogens with zero attached hydrogens (tertiary/aromatic N) is 1. The Labute approximate surface area is 138 Å². The van der Waals surface area contributed by atoms with Crippen LogP contribution in [0.4, 0.5) is 0 Å². The molecular weight excluding hydrogens is 302 g/mol. The largest absolute Gasteiger partial charge is 0.395 e. The molecule has 0 aromatic rings. The fraction of sp³-hybridized carbons (Fsp3) is 0.938. The molecule has 2 unspecified atom stereocenters. The molecule has 0 bridgehead atoms. The van der Waals surface area contributed by atoms with Gasteiger partial charge in [0.05, 0.1) is 25.9 Å². The van der Waals surface area contributed by atoms with Crippen molar-refractivity contribution in [1.82, 2.24) is 4.90 Å². The Morgan fingerprint density at radius 1 is 1.00 bits per heavy atom. The Morgan fingerprint density at radius 3 is 2.13 bits per heavy atom.